The first-order chi connectivity index (χ1) is 11.6. The van der Waals surface area contributed by atoms with E-state index in [0.717, 1.165) is 48.5 Å². The number of furan rings is 1. The Morgan fingerprint density at radius 2 is 2.08 bits per heavy atom. The molecule has 128 valence electrons. The monoisotopic (exact) mass is 350 g/mol. The van der Waals surface area contributed by atoms with Gasteiger partial charge in [0, 0.05) is 25.2 Å². The van der Waals surface area contributed by atoms with Crippen molar-refractivity contribution < 1.29 is 23.5 Å². The van der Waals surface area contributed by atoms with Crippen molar-refractivity contribution in [2.75, 3.05) is 31.1 Å². The number of hydrogen-bond acceptors (Lipinski definition) is 7. The summed E-state index contributed by atoms with van der Waals surface area (Å²) in [6, 6.07) is 3.63. The molecule has 24 heavy (non-hydrogen) atoms. The molecule has 0 aliphatic carbocycles. The first-order valence-corrected chi connectivity index (χ1v) is 8.66. The van der Waals surface area contributed by atoms with Gasteiger partial charge in [0.05, 0.1) is 11.5 Å². The molecule has 2 saturated heterocycles. The van der Waals surface area contributed by atoms with Crippen molar-refractivity contribution in [2.24, 2.45) is 0 Å². The normalized spacial score (nSPS) is 19.6. The number of imide groups is 1. The van der Waals surface area contributed by atoms with Crippen molar-refractivity contribution in [3.05, 3.63) is 22.8 Å². The number of anilines is 1. The van der Waals surface area contributed by atoms with Crippen molar-refractivity contribution >= 4 is 40.8 Å². The molecule has 1 aromatic heterocycles. The third-order valence-electron chi connectivity index (χ3n) is 3.77. The molecule has 0 bridgehead atoms. The number of thioether (sulfide) groups is 1. The second-order valence-electron chi connectivity index (χ2n) is 5.44. The molecule has 7 nitrogen and oxygen atoms in total. The fraction of sp³-hybridized carbons (Fsp3) is 0.438. The average Bonchev–Trinajstić information content (AvgIpc) is 3.26. The zero-order chi connectivity index (χ0) is 17.1. The van der Waals surface area contributed by atoms with E-state index < -0.39 is 17.1 Å². The van der Waals surface area contributed by atoms with Gasteiger partial charge in [-0.1, -0.05) is 0 Å². The Balaban J connectivity index is 1.70. The fourth-order valence-electron chi connectivity index (χ4n) is 2.63. The van der Waals surface area contributed by atoms with Crippen LogP contribution in [0.15, 0.2) is 21.5 Å². The molecule has 2 aliphatic rings. The van der Waals surface area contributed by atoms with Crippen LogP contribution in [0.25, 0.3) is 6.08 Å². The van der Waals surface area contributed by atoms with E-state index in [2.05, 4.69) is 4.90 Å². The second kappa shape index (κ2) is 7.12. The summed E-state index contributed by atoms with van der Waals surface area (Å²) >= 11 is 0.795. The van der Waals surface area contributed by atoms with E-state index in [0.29, 0.717) is 5.76 Å². The smallest absolute Gasteiger partial charge is 0.326 e. The summed E-state index contributed by atoms with van der Waals surface area (Å²) in [5, 5.41) is -0.481. The molecule has 0 spiro atoms. The molecule has 8 heteroatoms. The van der Waals surface area contributed by atoms with Crippen LogP contribution in [-0.2, 0) is 14.3 Å². The summed E-state index contributed by atoms with van der Waals surface area (Å²) < 4.78 is 10.5. The zero-order valence-electron chi connectivity index (χ0n) is 13.3. The minimum Gasteiger partial charge on any atom is -0.465 e. The minimum atomic E-state index is -0.602. The van der Waals surface area contributed by atoms with Crippen LogP contribution in [0, 0.1) is 0 Å². The van der Waals surface area contributed by atoms with Crippen LogP contribution < -0.4 is 4.90 Å². The summed E-state index contributed by atoms with van der Waals surface area (Å²) in [7, 11) is 0. The fourth-order valence-corrected chi connectivity index (χ4v) is 3.45. The predicted molar refractivity (Wildman–Crippen MR) is 89.5 cm³/mol. The number of nitrogens with zero attached hydrogens (tertiary/aromatic N) is 2. The number of ether oxygens (including phenoxy) is 1. The number of hydrogen-bond donors (Lipinski definition) is 0. The van der Waals surface area contributed by atoms with Crippen LogP contribution in [-0.4, -0.2) is 48.3 Å². The Kier molecular flexibility index (Phi) is 4.94. The first-order valence-electron chi connectivity index (χ1n) is 7.84. The lowest BCUT2D eigenvalue weighted by Crippen LogP contribution is -2.34. The third kappa shape index (κ3) is 3.48. The lowest BCUT2D eigenvalue weighted by Gasteiger charge is -2.12. The van der Waals surface area contributed by atoms with Gasteiger partial charge >= 0.3 is 5.97 Å². The molecule has 2 amide bonds. The maximum Gasteiger partial charge on any atom is 0.326 e. The van der Waals surface area contributed by atoms with Crippen LogP contribution in [0.1, 0.15) is 25.5 Å². The van der Waals surface area contributed by atoms with Gasteiger partial charge in [-0.15, -0.1) is 0 Å². The van der Waals surface area contributed by atoms with Gasteiger partial charge in [-0.25, -0.2) is 0 Å². The number of esters is 1. The predicted octanol–water partition coefficient (Wildman–Crippen LogP) is 2.48. The van der Waals surface area contributed by atoms with E-state index in [1.54, 1.807) is 13.0 Å². The third-order valence-corrected chi connectivity index (χ3v) is 4.68. The molecule has 2 aliphatic heterocycles. The number of amides is 2. The largest absolute Gasteiger partial charge is 0.465 e. The van der Waals surface area contributed by atoms with E-state index in [-0.39, 0.29) is 18.1 Å². The van der Waals surface area contributed by atoms with Gasteiger partial charge in [0.2, 0.25) is 0 Å². The van der Waals surface area contributed by atoms with Crippen LogP contribution in [0.5, 0.6) is 0 Å². The highest BCUT2D eigenvalue weighted by Crippen LogP contribution is 2.33. The van der Waals surface area contributed by atoms with Crippen LogP contribution in [0.3, 0.4) is 0 Å². The molecule has 3 heterocycles. The molecule has 0 N–H and O–H groups in total. The second-order valence-corrected chi connectivity index (χ2v) is 6.44. The molecule has 0 unspecified atom stereocenters. The first kappa shape index (κ1) is 16.6. The summed E-state index contributed by atoms with van der Waals surface area (Å²) in [6.45, 7) is 3.43. The Labute approximate surface area is 143 Å². The Morgan fingerprint density at radius 1 is 1.33 bits per heavy atom. The minimum absolute atomic E-state index is 0.205. The molecule has 3 rings (SSSR count). The highest BCUT2D eigenvalue weighted by atomic mass is 32.2. The molecule has 0 saturated carbocycles. The quantitative estimate of drug-likeness (QED) is 0.596. The van der Waals surface area contributed by atoms with E-state index in [1.807, 2.05) is 6.07 Å². The standard InChI is InChI=1S/C16H18N2O5S/c1-2-22-14(19)10-18-15(20)12(24-16(18)21)9-11-5-6-13(23-11)17-7-3-4-8-17/h5-6,9H,2-4,7-8,10H2,1H3/b12-9+. The molecule has 1 aromatic rings. The molecular formula is C16H18N2O5S. The summed E-state index contributed by atoms with van der Waals surface area (Å²) in [6.07, 6.45) is 3.82. The van der Waals surface area contributed by atoms with Gasteiger partial charge in [-0.2, -0.15) is 0 Å². The van der Waals surface area contributed by atoms with E-state index in [9.17, 15) is 14.4 Å². The number of carbonyl (C=O) groups is 3. The molecule has 0 radical (unpaired) electrons. The Morgan fingerprint density at radius 3 is 2.79 bits per heavy atom. The number of rotatable bonds is 5. The highest BCUT2D eigenvalue weighted by molar-refractivity contribution is 8.18. The summed E-state index contributed by atoms with van der Waals surface area (Å²) in [5.74, 6) is 0.176. The molecule has 2 fully saturated rings. The van der Waals surface area contributed by atoms with Gasteiger partial charge < -0.3 is 14.1 Å². The average molecular weight is 350 g/mol. The van der Waals surface area contributed by atoms with Crippen molar-refractivity contribution in [3.8, 4) is 0 Å². The molecule has 0 atom stereocenters. The SMILES string of the molecule is CCOC(=O)CN1C(=O)S/C(=C/c2ccc(N3CCCC3)o2)C1=O. The Hall–Kier alpha value is -2.22. The van der Waals surface area contributed by atoms with Gasteiger partial charge in [0.15, 0.2) is 5.88 Å². The van der Waals surface area contributed by atoms with Crippen LogP contribution in [0.2, 0.25) is 0 Å². The van der Waals surface area contributed by atoms with Crippen molar-refractivity contribution in [3.63, 3.8) is 0 Å². The van der Waals surface area contributed by atoms with E-state index in [1.165, 1.54) is 6.08 Å². The topological polar surface area (TPSA) is 80.1 Å². The Bertz CT molecular complexity index is 690. The highest BCUT2D eigenvalue weighted by Gasteiger charge is 2.36. The molecular weight excluding hydrogens is 332 g/mol. The van der Waals surface area contributed by atoms with Gasteiger partial charge in [-0.05, 0) is 37.6 Å². The van der Waals surface area contributed by atoms with Crippen LogP contribution >= 0.6 is 11.8 Å². The molecule has 0 aromatic carbocycles. The maximum absolute atomic E-state index is 12.3. The lowest BCUT2D eigenvalue weighted by atomic mass is 10.3. The maximum atomic E-state index is 12.3. The van der Waals surface area contributed by atoms with Crippen molar-refractivity contribution in [2.45, 2.75) is 19.8 Å². The van der Waals surface area contributed by atoms with Gasteiger partial charge in [0.25, 0.3) is 11.1 Å². The summed E-state index contributed by atoms with van der Waals surface area (Å²) in [5.41, 5.74) is 0. The van der Waals surface area contributed by atoms with E-state index in [4.69, 9.17) is 9.15 Å². The zero-order valence-corrected chi connectivity index (χ0v) is 14.1. The van der Waals surface area contributed by atoms with Gasteiger partial charge in [-0.3, -0.25) is 19.3 Å². The van der Waals surface area contributed by atoms with E-state index >= 15 is 0 Å². The number of carbonyl (C=O) groups excluding carboxylic acids is 3. The van der Waals surface area contributed by atoms with Crippen LogP contribution in [0.4, 0.5) is 10.7 Å². The van der Waals surface area contributed by atoms with Gasteiger partial charge in [0.1, 0.15) is 12.3 Å². The van der Waals surface area contributed by atoms with Crippen molar-refractivity contribution in [1.29, 1.82) is 0 Å². The van der Waals surface area contributed by atoms with Crippen molar-refractivity contribution in [1.82, 2.24) is 4.90 Å². The lowest BCUT2D eigenvalue weighted by molar-refractivity contribution is -0.145. The summed E-state index contributed by atoms with van der Waals surface area (Å²) in [4.78, 5) is 39.0.